The van der Waals surface area contributed by atoms with Crippen LogP contribution in [0.4, 0.5) is 0 Å². The number of hydrogen-bond acceptors (Lipinski definition) is 3. The van der Waals surface area contributed by atoms with Crippen LogP contribution in [0.15, 0.2) is 48.5 Å². The van der Waals surface area contributed by atoms with Crippen LogP contribution >= 0.6 is 11.6 Å². The van der Waals surface area contributed by atoms with Gasteiger partial charge in [0.2, 0.25) is 5.91 Å². The zero-order chi connectivity index (χ0) is 18.6. The molecule has 1 N–H and O–H groups in total. The second-order valence-electron chi connectivity index (χ2n) is 7.39. The zero-order valence-corrected chi connectivity index (χ0v) is 16.1. The SMILES string of the molecule is O=C(N[C@H]1CCOc2c(Cl)cccc21)C1CCN(Cc2ccccc2)CC1. The molecule has 4 rings (SSSR count). The molecule has 1 fully saturated rings. The monoisotopic (exact) mass is 384 g/mol. The highest BCUT2D eigenvalue weighted by Gasteiger charge is 2.29. The third-order valence-electron chi connectivity index (χ3n) is 5.55. The predicted molar refractivity (Wildman–Crippen MR) is 107 cm³/mol. The fourth-order valence-electron chi connectivity index (χ4n) is 4.02. The van der Waals surface area contributed by atoms with E-state index < -0.39 is 0 Å². The van der Waals surface area contributed by atoms with Gasteiger partial charge in [0.25, 0.3) is 0 Å². The van der Waals surface area contributed by atoms with Gasteiger partial charge in [-0.3, -0.25) is 9.69 Å². The summed E-state index contributed by atoms with van der Waals surface area (Å²) in [5.41, 5.74) is 2.32. The Kier molecular flexibility index (Phi) is 5.65. The number of nitrogens with zero attached hydrogens (tertiary/aromatic N) is 1. The normalized spacial score (nSPS) is 20.6. The first kappa shape index (κ1) is 18.3. The number of ether oxygens (including phenoxy) is 1. The number of piperidine rings is 1. The number of fused-ring (bicyclic) bond motifs is 1. The van der Waals surface area contributed by atoms with E-state index in [0.29, 0.717) is 17.4 Å². The van der Waals surface area contributed by atoms with Crippen LogP contribution in [0.1, 0.15) is 36.4 Å². The summed E-state index contributed by atoms with van der Waals surface area (Å²) in [5, 5.41) is 3.85. The molecule has 0 radical (unpaired) electrons. The Morgan fingerprint density at radius 2 is 1.85 bits per heavy atom. The van der Waals surface area contributed by atoms with Gasteiger partial charge in [-0.15, -0.1) is 0 Å². The van der Waals surface area contributed by atoms with Gasteiger partial charge in [0.05, 0.1) is 17.7 Å². The molecule has 0 aromatic heterocycles. The zero-order valence-electron chi connectivity index (χ0n) is 15.4. The van der Waals surface area contributed by atoms with E-state index in [4.69, 9.17) is 16.3 Å². The molecule has 2 aromatic carbocycles. The molecule has 2 aliphatic heterocycles. The second-order valence-corrected chi connectivity index (χ2v) is 7.80. The maximum atomic E-state index is 12.8. The maximum Gasteiger partial charge on any atom is 0.223 e. The Morgan fingerprint density at radius 1 is 1.07 bits per heavy atom. The number of carbonyl (C=O) groups excluding carboxylic acids is 1. The molecule has 0 aliphatic carbocycles. The van der Waals surface area contributed by atoms with Crippen molar-refractivity contribution in [2.24, 2.45) is 5.92 Å². The van der Waals surface area contributed by atoms with E-state index in [2.05, 4.69) is 34.5 Å². The van der Waals surface area contributed by atoms with Crippen molar-refractivity contribution in [3.05, 3.63) is 64.7 Å². The van der Waals surface area contributed by atoms with Gasteiger partial charge in [0.15, 0.2) is 0 Å². The summed E-state index contributed by atoms with van der Waals surface area (Å²) in [6.45, 7) is 3.46. The van der Waals surface area contributed by atoms with Crippen LogP contribution in [0, 0.1) is 5.92 Å². The Hall–Kier alpha value is -2.04. The molecule has 2 aromatic rings. The van der Waals surface area contributed by atoms with Crippen molar-refractivity contribution >= 4 is 17.5 Å². The van der Waals surface area contributed by atoms with E-state index in [-0.39, 0.29) is 17.9 Å². The van der Waals surface area contributed by atoms with Gasteiger partial charge in [-0.05, 0) is 37.6 Å². The fourth-order valence-corrected chi connectivity index (χ4v) is 4.26. The summed E-state index contributed by atoms with van der Waals surface area (Å²) in [6, 6.07) is 16.2. The number of nitrogens with one attached hydrogen (secondary N) is 1. The van der Waals surface area contributed by atoms with Gasteiger partial charge in [-0.2, -0.15) is 0 Å². The Bertz CT molecular complexity index is 788. The Morgan fingerprint density at radius 3 is 2.63 bits per heavy atom. The second kappa shape index (κ2) is 8.32. The molecule has 0 bridgehead atoms. The first-order valence-electron chi connectivity index (χ1n) is 9.68. The van der Waals surface area contributed by atoms with Crippen molar-refractivity contribution in [1.29, 1.82) is 0 Å². The van der Waals surface area contributed by atoms with E-state index in [1.165, 1.54) is 5.56 Å². The molecule has 0 spiro atoms. The van der Waals surface area contributed by atoms with Crippen LogP contribution < -0.4 is 10.1 Å². The summed E-state index contributed by atoms with van der Waals surface area (Å²) in [4.78, 5) is 15.3. The number of amides is 1. The van der Waals surface area contributed by atoms with E-state index in [9.17, 15) is 4.79 Å². The van der Waals surface area contributed by atoms with Crippen molar-refractivity contribution < 1.29 is 9.53 Å². The molecule has 27 heavy (non-hydrogen) atoms. The van der Waals surface area contributed by atoms with Crippen LogP contribution in [0.3, 0.4) is 0 Å². The van der Waals surface area contributed by atoms with E-state index in [1.807, 2.05) is 24.3 Å². The van der Waals surface area contributed by atoms with E-state index in [1.54, 1.807) is 0 Å². The van der Waals surface area contributed by atoms with Gasteiger partial charge in [0.1, 0.15) is 5.75 Å². The Balaban J connectivity index is 1.32. The molecule has 0 unspecified atom stereocenters. The first-order valence-corrected chi connectivity index (χ1v) is 10.1. The summed E-state index contributed by atoms with van der Waals surface area (Å²) < 4.78 is 5.69. The average Bonchev–Trinajstić information content (AvgIpc) is 2.70. The molecule has 4 nitrogen and oxygen atoms in total. The van der Waals surface area contributed by atoms with Gasteiger partial charge >= 0.3 is 0 Å². The summed E-state index contributed by atoms with van der Waals surface area (Å²) >= 11 is 6.23. The predicted octanol–water partition coefficient (Wildman–Crippen LogP) is 4.19. The van der Waals surface area contributed by atoms with Gasteiger partial charge in [-0.1, -0.05) is 54.1 Å². The molecule has 1 saturated heterocycles. The highest BCUT2D eigenvalue weighted by Crippen LogP contribution is 2.37. The highest BCUT2D eigenvalue weighted by atomic mass is 35.5. The maximum absolute atomic E-state index is 12.8. The fraction of sp³-hybridized carbons (Fsp3) is 0.409. The van der Waals surface area contributed by atoms with Crippen molar-refractivity contribution in [3.63, 3.8) is 0 Å². The lowest BCUT2D eigenvalue weighted by molar-refractivity contribution is -0.127. The van der Waals surface area contributed by atoms with Crippen molar-refractivity contribution in [1.82, 2.24) is 10.2 Å². The van der Waals surface area contributed by atoms with Crippen LogP contribution in [-0.2, 0) is 11.3 Å². The van der Waals surface area contributed by atoms with Crippen molar-refractivity contribution in [3.8, 4) is 5.75 Å². The lowest BCUT2D eigenvalue weighted by Crippen LogP contribution is -2.42. The Labute approximate surface area is 165 Å². The number of halogens is 1. The van der Waals surface area contributed by atoms with E-state index >= 15 is 0 Å². The number of likely N-dealkylation sites (tertiary alicyclic amines) is 1. The van der Waals surface area contributed by atoms with Crippen molar-refractivity contribution in [2.45, 2.75) is 31.8 Å². The summed E-state index contributed by atoms with van der Waals surface area (Å²) in [7, 11) is 0. The molecule has 1 atom stereocenters. The summed E-state index contributed by atoms with van der Waals surface area (Å²) in [5.74, 6) is 0.961. The van der Waals surface area contributed by atoms with Gasteiger partial charge in [0, 0.05) is 24.4 Å². The van der Waals surface area contributed by atoms with E-state index in [0.717, 1.165) is 44.5 Å². The van der Waals surface area contributed by atoms with Gasteiger partial charge < -0.3 is 10.1 Å². The number of benzene rings is 2. The standard InChI is InChI=1S/C22H25ClN2O2/c23-19-8-4-7-18-20(11-14-27-21(18)19)24-22(26)17-9-12-25(13-10-17)15-16-5-2-1-3-6-16/h1-8,17,20H,9-15H2,(H,24,26)/t20-/m0/s1. The smallest absolute Gasteiger partial charge is 0.223 e. The van der Waals surface area contributed by atoms with Crippen LogP contribution in [0.25, 0.3) is 0 Å². The van der Waals surface area contributed by atoms with Crippen molar-refractivity contribution in [2.75, 3.05) is 19.7 Å². The molecular formula is C22H25ClN2O2. The molecule has 2 aliphatic rings. The van der Waals surface area contributed by atoms with Gasteiger partial charge in [-0.25, -0.2) is 0 Å². The minimum absolute atomic E-state index is 0.0118. The number of hydrogen-bond donors (Lipinski definition) is 1. The van der Waals surface area contributed by atoms with Crippen LogP contribution in [0.5, 0.6) is 5.75 Å². The van der Waals surface area contributed by atoms with Crippen LogP contribution in [-0.4, -0.2) is 30.5 Å². The molecule has 0 saturated carbocycles. The minimum Gasteiger partial charge on any atom is -0.492 e. The number of carbonyl (C=O) groups is 1. The van der Waals surface area contributed by atoms with Crippen LogP contribution in [0.2, 0.25) is 5.02 Å². The molecule has 142 valence electrons. The minimum atomic E-state index is -0.0118. The third kappa shape index (κ3) is 4.28. The lowest BCUT2D eigenvalue weighted by atomic mass is 9.93. The topological polar surface area (TPSA) is 41.6 Å². The quantitative estimate of drug-likeness (QED) is 0.859. The first-order chi connectivity index (χ1) is 13.2. The lowest BCUT2D eigenvalue weighted by Gasteiger charge is -2.33. The molecule has 5 heteroatoms. The average molecular weight is 385 g/mol. The third-order valence-corrected chi connectivity index (χ3v) is 5.85. The number of para-hydroxylation sites is 1. The largest absolute Gasteiger partial charge is 0.492 e. The molecular weight excluding hydrogens is 360 g/mol. The number of rotatable bonds is 4. The molecule has 1 amide bonds. The highest BCUT2D eigenvalue weighted by molar-refractivity contribution is 6.32. The summed E-state index contributed by atoms with van der Waals surface area (Å²) in [6.07, 6.45) is 2.60. The molecule has 2 heterocycles.